The van der Waals surface area contributed by atoms with E-state index in [4.69, 9.17) is 9.62 Å². The van der Waals surface area contributed by atoms with Crippen LogP contribution in [-0.4, -0.2) is 11.2 Å². The molecule has 1 heterocycles. The van der Waals surface area contributed by atoms with Gasteiger partial charge in [-0.05, 0) is 25.1 Å². The predicted octanol–water partition coefficient (Wildman–Crippen LogP) is 1.66. The lowest BCUT2D eigenvalue weighted by Gasteiger charge is -1.98. The highest BCUT2D eigenvalue weighted by Crippen LogP contribution is 2.02. The van der Waals surface area contributed by atoms with Gasteiger partial charge in [-0.1, -0.05) is 6.08 Å². The van der Waals surface area contributed by atoms with Gasteiger partial charge in [0.2, 0.25) is 0 Å². The summed E-state index contributed by atoms with van der Waals surface area (Å²) in [5, 5.41) is 8.43. The number of nitrogens with one attached hydrogen (secondary N) is 1. The van der Waals surface area contributed by atoms with Crippen LogP contribution in [-0.2, 0) is 0 Å². The van der Waals surface area contributed by atoms with Crippen molar-refractivity contribution in [3.05, 3.63) is 30.2 Å². The van der Waals surface area contributed by atoms with Gasteiger partial charge in [-0.25, -0.2) is 0 Å². The van der Waals surface area contributed by atoms with E-state index in [-0.39, 0.29) is 6.04 Å². The number of rotatable bonds is 3. The van der Waals surface area contributed by atoms with Crippen molar-refractivity contribution < 1.29 is 9.62 Å². The molecule has 0 aliphatic heterocycles. The standard InChI is InChI=1S/C8H11NO2/c1-7(9-10)4-5-8-3-2-6-11-8/h2-7,9-10H,1H3/b5-4+. The third-order valence-electron chi connectivity index (χ3n) is 1.30. The molecule has 11 heavy (non-hydrogen) atoms. The summed E-state index contributed by atoms with van der Waals surface area (Å²) in [6.45, 7) is 1.83. The van der Waals surface area contributed by atoms with Crippen LogP contribution < -0.4 is 5.48 Å². The predicted molar refractivity (Wildman–Crippen MR) is 42.1 cm³/mol. The van der Waals surface area contributed by atoms with Crippen molar-refractivity contribution in [1.29, 1.82) is 0 Å². The summed E-state index contributed by atoms with van der Waals surface area (Å²) >= 11 is 0. The van der Waals surface area contributed by atoms with Crippen molar-refractivity contribution in [3.8, 4) is 0 Å². The Morgan fingerprint density at radius 1 is 1.73 bits per heavy atom. The van der Waals surface area contributed by atoms with E-state index in [0.717, 1.165) is 5.76 Å². The molecule has 1 rings (SSSR count). The minimum Gasteiger partial charge on any atom is -0.465 e. The first-order valence-corrected chi connectivity index (χ1v) is 3.44. The number of hydrogen-bond donors (Lipinski definition) is 2. The van der Waals surface area contributed by atoms with E-state index >= 15 is 0 Å². The number of furan rings is 1. The maximum absolute atomic E-state index is 8.43. The van der Waals surface area contributed by atoms with E-state index in [0.29, 0.717) is 0 Å². The molecule has 0 fully saturated rings. The number of hydroxylamine groups is 1. The first-order chi connectivity index (χ1) is 5.33. The normalized spacial score (nSPS) is 14.0. The van der Waals surface area contributed by atoms with Gasteiger partial charge in [-0.2, -0.15) is 5.48 Å². The fourth-order valence-electron chi connectivity index (χ4n) is 0.668. The highest BCUT2D eigenvalue weighted by atomic mass is 16.5. The second-order valence-electron chi connectivity index (χ2n) is 2.29. The fraction of sp³-hybridized carbons (Fsp3) is 0.250. The molecule has 3 nitrogen and oxygen atoms in total. The zero-order valence-corrected chi connectivity index (χ0v) is 6.32. The van der Waals surface area contributed by atoms with Gasteiger partial charge >= 0.3 is 0 Å². The summed E-state index contributed by atoms with van der Waals surface area (Å²) in [4.78, 5) is 0. The van der Waals surface area contributed by atoms with Gasteiger partial charge in [0.1, 0.15) is 5.76 Å². The fourth-order valence-corrected chi connectivity index (χ4v) is 0.668. The van der Waals surface area contributed by atoms with Gasteiger partial charge < -0.3 is 9.62 Å². The van der Waals surface area contributed by atoms with Gasteiger partial charge in [0.25, 0.3) is 0 Å². The van der Waals surface area contributed by atoms with Crippen molar-refractivity contribution >= 4 is 6.08 Å². The van der Waals surface area contributed by atoms with Gasteiger partial charge in [0.05, 0.1) is 6.26 Å². The molecule has 0 saturated carbocycles. The molecule has 1 aromatic rings. The lowest BCUT2D eigenvalue weighted by Crippen LogP contribution is -2.18. The smallest absolute Gasteiger partial charge is 0.126 e. The van der Waals surface area contributed by atoms with Gasteiger partial charge in [0, 0.05) is 6.04 Å². The third-order valence-corrected chi connectivity index (χ3v) is 1.30. The maximum Gasteiger partial charge on any atom is 0.126 e. The van der Waals surface area contributed by atoms with E-state index in [9.17, 15) is 0 Å². The summed E-state index contributed by atoms with van der Waals surface area (Å²) < 4.78 is 5.03. The molecule has 0 bridgehead atoms. The second kappa shape index (κ2) is 3.95. The van der Waals surface area contributed by atoms with Crippen molar-refractivity contribution in [1.82, 2.24) is 5.48 Å². The monoisotopic (exact) mass is 153 g/mol. The zero-order chi connectivity index (χ0) is 8.10. The summed E-state index contributed by atoms with van der Waals surface area (Å²) in [5.41, 5.74) is 2.10. The van der Waals surface area contributed by atoms with Crippen LogP contribution in [0.5, 0.6) is 0 Å². The molecule has 2 N–H and O–H groups in total. The minimum atomic E-state index is -0.0555. The van der Waals surface area contributed by atoms with Gasteiger partial charge in [-0.3, -0.25) is 0 Å². The summed E-state index contributed by atoms with van der Waals surface area (Å²) in [6, 6.07) is 3.61. The Morgan fingerprint density at radius 2 is 2.55 bits per heavy atom. The van der Waals surface area contributed by atoms with Crippen LogP contribution >= 0.6 is 0 Å². The Labute approximate surface area is 65.3 Å². The van der Waals surface area contributed by atoms with Crippen LogP contribution in [0.25, 0.3) is 6.08 Å². The molecule has 60 valence electrons. The third kappa shape index (κ3) is 2.57. The largest absolute Gasteiger partial charge is 0.465 e. The lowest BCUT2D eigenvalue weighted by atomic mass is 10.3. The molecular formula is C8H11NO2. The quantitative estimate of drug-likeness (QED) is 0.649. The first-order valence-electron chi connectivity index (χ1n) is 3.44. The molecule has 1 unspecified atom stereocenters. The van der Waals surface area contributed by atoms with E-state index in [2.05, 4.69) is 5.48 Å². The van der Waals surface area contributed by atoms with Crippen molar-refractivity contribution in [3.63, 3.8) is 0 Å². The molecule has 3 heteroatoms. The lowest BCUT2D eigenvalue weighted by molar-refractivity contribution is 0.150. The zero-order valence-electron chi connectivity index (χ0n) is 6.32. The molecule has 0 saturated heterocycles. The van der Waals surface area contributed by atoms with E-state index < -0.39 is 0 Å². The highest BCUT2D eigenvalue weighted by Gasteiger charge is 1.91. The van der Waals surface area contributed by atoms with Crippen molar-refractivity contribution in [2.45, 2.75) is 13.0 Å². The molecule has 1 atom stereocenters. The molecule has 0 amide bonds. The van der Waals surface area contributed by atoms with Crippen LogP contribution in [0.1, 0.15) is 12.7 Å². The Morgan fingerprint density at radius 3 is 3.09 bits per heavy atom. The van der Waals surface area contributed by atoms with E-state index in [1.807, 2.05) is 19.1 Å². The topological polar surface area (TPSA) is 45.4 Å². The van der Waals surface area contributed by atoms with Crippen molar-refractivity contribution in [2.75, 3.05) is 0 Å². The second-order valence-corrected chi connectivity index (χ2v) is 2.29. The Balaban J connectivity index is 2.48. The summed E-state index contributed by atoms with van der Waals surface area (Å²) in [6.07, 6.45) is 5.21. The molecular weight excluding hydrogens is 142 g/mol. The average Bonchev–Trinajstić information content (AvgIpc) is 2.52. The Hall–Kier alpha value is -1.06. The Kier molecular flexibility index (Phi) is 2.89. The minimum absolute atomic E-state index is 0.0555. The van der Waals surface area contributed by atoms with Crippen LogP contribution in [0.3, 0.4) is 0 Å². The van der Waals surface area contributed by atoms with Crippen molar-refractivity contribution in [2.24, 2.45) is 0 Å². The van der Waals surface area contributed by atoms with Crippen LogP contribution in [0.2, 0.25) is 0 Å². The van der Waals surface area contributed by atoms with Crippen LogP contribution in [0.4, 0.5) is 0 Å². The Bertz CT molecular complexity index is 216. The van der Waals surface area contributed by atoms with Crippen LogP contribution in [0, 0.1) is 0 Å². The van der Waals surface area contributed by atoms with E-state index in [1.165, 1.54) is 0 Å². The molecule has 0 aliphatic carbocycles. The summed E-state index contributed by atoms with van der Waals surface area (Å²) in [5.74, 6) is 0.784. The molecule has 1 aromatic heterocycles. The van der Waals surface area contributed by atoms with Gasteiger partial charge in [0.15, 0.2) is 0 Å². The molecule has 0 radical (unpaired) electrons. The molecule has 0 spiro atoms. The highest BCUT2D eigenvalue weighted by molar-refractivity contribution is 5.42. The SMILES string of the molecule is CC(/C=C/c1ccco1)NO. The number of hydrogen-bond acceptors (Lipinski definition) is 3. The van der Waals surface area contributed by atoms with E-state index in [1.54, 1.807) is 18.4 Å². The summed E-state index contributed by atoms with van der Waals surface area (Å²) in [7, 11) is 0. The molecule has 0 aliphatic rings. The maximum atomic E-state index is 8.43. The molecule has 0 aromatic carbocycles. The first kappa shape index (κ1) is 8.04. The average molecular weight is 153 g/mol. The van der Waals surface area contributed by atoms with Crippen LogP contribution in [0.15, 0.2) is 28.9 Å². The van der Waals surface area contributed by atoms with Gasteiger partial charge in [-0.15, -0.1) is 0 Å².